The second-order valence-corrected chi connectivity index (χ2v) is 3.81. The number of ether oxygens (including phenoxy) is 1. The monoisotopic (exact) mass is 275 g/mol. The highest BCUT2D eigenvalue weighted by Crippen LogP contribution is 2.33. The van der Waals surface area contributed by atoms with E-state index < -0.39 is 30.7 Å². The van der Waals surface area contributed by atoms with E-state index in [9.17, 15) is 14.3 Å². The van der Waals surface area contributed by atoms with Crippen LogP contribution in [0.15, 0.2) is 29.0 Å². The van der Waals surface area contributed by atoms with E-state index in [1.165, 1.54) is 12.3 Å². The second kappa shape index (κ2) is 5.89. The van der Waals surface area contributed by atoms with Gasteiger partial charge in [-0.25, -0.2) is 9.18 Å². The molecule has 1 saturated heterocycles. The molecule has 106 valence electrons. The van der Waals surface area contributed by atoms with Gasteiger partial charge in [-0.15, -0.1) is 0 Å². The van der Waals surface area contributed by atoms with Crippen molar-refractivity contribution in [3.63, 3.8) is 0 Å². The summed E-state index contributed by atoms with van der Waals surface area (Å²) in [4.78, 5) is 15.1. The molecule has 1 aromatic rings. The molecule has 2 rings (SSSR count). The predicted molar refractivity (Wildman–Crippen MR) is 62.7 cm³/mol. The molecule has 0 amide bonds. The third-order valence-corrected chi connectivity index (χ3v) is 2.69. The summed E-state index contributed by atoms with van der Waals surface area (Å²) in [7, 11) is 0. The summed E-state index contributed by atoms with van der Waals surface area (Å²) in [6.45, 7) is -0.494. The van der Waals surface area contributed by atoms with Gasteiger partial charge < -0.3 is 26.2 Å². The van der Waals surface area contributed by atoms with Crippen molar-refractivity contribution in [2.24, 2.45) is 0 Å². The van der Waals surface area contributed by atoms with Crippen LogP contribution in [0.2, 0.25) is 0 Å². The molecule has 8 nitrogen and oxygen atoms in total. The van der Waals surface area contributed by atoms with Gasteiger partial charge >= 0.3 is 5.69 Å². The molecular formula is C10H14FN3O5. The van der Waals surface area contributed by atoms with Crippen LogP contribution in [0.5, 0.6) is 0 Å². The van der Waals surface area contributed by atoms with E-state index in [-0.39, 0.29) is 23.2 Å². The van der Waals surface area contributed by atoms with Crippen LogP contribution in [0.4, 0.5) is 10.2 Å². The number of nitrogens with zero attached hydrogens (tertiary/aromatic N) is 2. The lowest BCUT2D eigenvalue weighted by Crippen LogP contribution is -2.28. The molecule has 0 radical (unpaired) electrons. The molecule has 0 bridgehead atoms. The number of nitrogens with two attached hydrogens (primary N) is 1. The summed E-state index contributed by atoms with van der Waals surface area (Å²) < 4.78 is 19.0. The molecule has 0 aliphatic carbocycles. The number of anilines is 1. The first-order valence-corrected chi connectivity index (χ1v) is 5.17. The van der Waals surface area contributed by atoms with Crippen LogP contribution in [0.1, 0.15) is 6.23 Å². The summed E-state index contributed by atoms with van der Waals surface area (Å²) in [5.41, 5.74) is 4.45. The van der Waals surface area contributed by atoms with E-state index in [1.807, 2.05) is 0 Å². The summed E-state index contributed by atoms with van der Waals surface area (Å²) in [5, 5.41) is 18.6. The van der Waals surface area contributed by atoms with Gasteiger partial charge in [-0.1, -0.05) is 0 Å². The topological polar surface area (TPSA) is 142 Å². The Morgan fingerprint density at radius 2 is 2.32 bits per heavy atom. The van der Waals surface area contributed by atoms with Gasteiger partial charge in [0.15, 0.2) is 6.23 Å². The van der Waals surface area contributed by atoms with Crippen molar-refractivity contribution in [3.05, 3.63) is 34.7 Å². The molecule has 3 atom stereocenters. The van der Waals surface area contributed by atoms with Crippen molar-refractivity contribution in [3.8, 4) is 0 Å². The molecule has 3 unspecified atom stereocenters. The van der Waals surface area contributed by atoms with Crippen LogP contribution in [-0.2, 0) is 4.74 Å². The average molecular weight is 275 g/mol. The fourth-order valence-corrected chi connectivity index (χ4v) is 1.77. The number of nitrogen functional groups attached to an aromatic ring is 1. The molecule has 0 saturated carbocycles. The van der Waals surface area contributed by atoms with Crippen molar-refractivity contribution in [2.75, 3.05) is 12.3 Å². The highest BCUT2D eigenvalue weighted by Gasteiger charge is 2.40. The fraction of sp³-hybridized carbons (Fsp3) is 0.400. The van der Waals surface area contributed by atoms with Gasteiger partial charge in [0, 0.05) is 11.8 Å². The quantitative estimate of drug-likeness (QED) is 0.575. The minimum atomic E-state index is -1.31. The molecule has 6 N–H and O–H groups in total. The lowest BCUT2D eigenvalue weighted by atomic mass is 10.1. The van der Waals surface area contributed by atoms with Crippen LogP contribution in [0.25, 0.3) is 0 Å². The molecule has 1 aromatic heterocycles. The van der Waals surface area contributed by atoms with Crippen molar-refractivity contribution in [2.45, 2.75) is 18.4 Å². The summed E-state index contributed by atoms with van der Waals surface area (Å²) in [6.07, 6.45) is -1.99. The molecule has 1 fully saturated rings. The van der Waals surface area contributed by atoms with Gasteiger partial charge in [0.25, 0.3) is 0 Å². The second-order valence-electron chi connectivity index (χ2n) is 3.81. The summed E-state index contributed by atoms with van der Waals surface area (Å²) in [6, 6.07) is 1.35. The van der Waals surface area contributed by atoms with E-state index in [2.05, 4.69) is 4.98 Å². The van der Waals surface area contributed by atoms with E-state index in [1.54, 1.807) is 0 Å². The SMILES string of the molecule is Nc1ccn(C2OC(CO)C(O)/C2=C\F)c(=O)n1.O. The highest BCUT2D eigenvalue weighted by molar-refractivity contribution is 5.25. The molecule has 2 heterocycles. The molecule has 0 aromatic carbocycles. The fourth-order valence-electron chi connectivity index (χ4n) is 1.77. The number of hydrogen-bond acceptors (Lipinski definition) is 6. The predicted octanol–water partition coefficient (Wildman–Crippen LogP) is -1.90. The zero-order valence-corrected chi connectivity index (χ0v) is 9.73. The normalized spacial score (nSPS) is 28.4. The van der Waals surface area contributed by atoms with Gasteiger partial charge in [0.2, 0.25) is 0 Å². The smallest absolute Gasteiger partial charge is 0.351 e. The Kier molecular flexibility index (Phi) is 4.72. The number of aromatic nitrogens is 2. The maximum atomic E-state index is 12.8. The number of halogens is 1. The summed E-state index contributed by atoms with van der Waals surface area (Å²) in [5.74, 6) is 0.0271. The number of aliphatic hydroxyl groups excluding tert-OH is 2. The molecule has 1 aliphatic heterocycles. The Morgan fingerprint density at radius 3 is 2.84 bits per heavy atom. The van der Waals surface area contributed by atoms with Gasteiger partial charge in [-0.05, 0) is 6.07 Å². The Morgan fingerprint density at radius 1 is 1.63 bits per heavy atom. The number of rotatable bonds is 2. The largest absolute Gasteiger partial charge is 0.412 e. The minimum Gasteiger partial charge on any atom is -0.412 e. The number of hydrogen-bond donors (Lipinski definition) is 3. The standard InChI is InChI=1S/C10H12FN3O4.H2O/c11-3-5-8(16)6(4-15)18-9(5)14-2-1-7(12)13-10(14)17;/h1-3,6,8-9,15-16H,4H2,(H2,12,13,17);1H2/b5-3+;. The Hall–Kier alpha value is -1.81. The van der Waals surface area contributed by atoms with Gasteiger partial charge in [-0.3, -0.25) is 4.57 Å². The first-order valence-electron chi connectivity index (χ1n) is 5.17. The first kappa shape index (κ1) is 15.2. The third-order valence-electron chi connectivity index (χ3n) is 2.69. The van der Waals surface area contributed by atoms with Gasteiger partial charge in [0.1, 0.15) is 18.0 Å². The van der Waals surface area contributed by atoms with Crippen LogP contribution in [-0.4, -0.2) is 44.1 Å². The van der Waals surface area contributed by atoms with Crippen LogP contribution in [0.3, 0.4) is 0 Å². The first-order chi connectivity index (χ1) is 8.58. The zero-order chi connectivity index (χ0) is 13.3. The van der Waals surface area contributed by atoms with Crippen molar-refractivity contribution in [1.82, 2.24) is 9.55 Å². The van der Waals surface area contributed by atoms with E-state index >= 15 is 0 Å². The maximum absolute atomic E-state index is 12.8. The van der Waals surface area contributed by atoms with Gasteiger partial charge in [0.05, 0.1) is 12.9 Å². The molecular weight excluding hydrogens is 261 g/mol. The van der Waals surface area contributed by atoms with Crippen molar-refractivity contribution < 1.29 is 24.8 Å². The van der Waals surface area contributed by atoms with Crippen molar-refractivity contribution in [1.29, 1.82) is 0 Å². The zero-order valence-electron chi connectivity index (χ0n) is 9.73. The Bertz CT molecular complexity index is 532. The lowest BCUT2D eigenvalue weighted by Gasteiger charge is -2.14. The molecule has 9 heteroatoms. The van der Waals surface area contributed by atoms with E-state index in [0.29, 0.717) is 0 Å². The van der Waals surface area contributed by atoms with Gasteiger partial charge in [-0.2, -0.15) is 4.98 Å². The lowest BCUT2D eigenvalue weighted by molar-refractivity contribution is -0.0447. The van der Waals surface area contributed by atoms with Crippen LogP contribution >= 0.6 is 0 Å². The van der Waals surface area contributed by atoms with Crippen molar-refractivity contribution >= 4 is 5.82 Å². The molecule has 19 heavy (non-hydrogen) atoms. The minimum absolute atomic E-state index is 0. The molecule has 0 spiro atoms. The van der Waals surface area contributed by atoms with Crippen LogP contribution in [0, 0.1) is 0 Å². The molecule has 1 aliphatic rings. The number of aliphatic hydroxyl groups is 2. The van der Waals surface area contributed by atoms with E-state index in [0.717, 1.165) is 4.57 Å². The Labute approximate surface area is 106 Å². The van der Waals surface area contributed by atoms with E-state index in [4.69, 9.17) is 15.6 Å². The average Bonchev–Trinajstić information content (AvgIpc) is 2.65. The maximum Gasteiger partial charge on any atom is 0.351 e. The summed E-state index contributed by atoms with van der Waals surface area (Å²) >= 11 is 0. The Balaban J connectivity index is 0.00000180. The third kappa shape index (κ3) is 2.63. The highest BCUT2D eigenvalue weighted by atomic mass is 19.1. The van der Waals surface area contributed by atoms with Crippen LogP contribution < -0.4 is 11.4 Å².